The molecular formula is C34H38O5. The third-order valence-electron chi connectivity index (χ3n) is 7.87. The molecule has 0 unspecified atom stereocenters. The molecule has 0 aromatic heterocycles. The second kappa shape index (κ2) is 10.6. The van der Waals surface area contributed by atoms with Gasteiger partial charge in [-0.25, -0.2) is 0 Å². The summed E-state index contributed by atoms with van der Waals surface area (Å²) < 4.78 is 6.36. The van der Waals surface area contributed by atoms with Gasteiger partial charge in [-0.3, -0.25) is 0 Å². The zero-order valence-corrected chi connectivity index (χ0v) is 23.5. The summed E-state index contributed by atoms with van der Waals surface area (Å²) in [6.45, 7) is 12.5. The Morgan fingerprint density at radius 1 is 0.590 bits per heavy atom. The van der Waals surface area contributed by atoms with Crippen molar-refractivity contribution in [3.8, 4) is 34.5 Å². The van der Waals surface area contributed by atoms with Crippen LogP contribution in [-0.4, -0.2) is 20.4 Å². The Kier molecular flexibility index (Phi) is 7.56. The lowest BCUT2D eigenvalue weighted by Gasteiger charge is -2.32. The van der Waals surface area contributed by atoms with Crippen LogP contribution in [0.4, 0.5) is 0 Å². The van der Waals surface area contributed by atoms with E-state index in [1.807, 2.05) is 37.3 Å². The van der Waals surface area contributed by atoms with Crippen molar-refractivity contribution in [2.24, 2.45) is 0 Å². The highest BCUT2D eigenvalue weighted by atomic mass is 16.5. The Morgan fingerprint density at radius 2 is 1.10 bits per heavy atom. The molecule has 0 radical (unpaired) electrons. The van der Waals surface area contributed by atoms with Crippen molar-refractivity contribution in [1.82, 2.24) is 0 Å². The molecule has 0 heterocycles. The second-order valence-corrected chi connectivity index (χ2v) is 11.1. The standard InChI is InChI=1S/C34H38O5/c1-7-21-19-29(38)32(27(8-2)31(21)34(5,6)23-11-16-26(36)17-12-23)39-30-20-24(13-18-28(30)37)33(3,4)22-9-14-25(35)15-10-22/h9-20,35-38H,7-8H2,1-6H3. The van der Waals surface area contributed by atoms with Gasteiger partial charge in [0.1, 0.15) is 11.5 Å². The predicted octanol–water partition coefficient (Wildman–Crippen LogP) is 8.08. The van der Waals surface area contributed by atoms with E-state index in [1.165, 1.54) is 0 Å². The quantitative estimate of drug-likeness (QED) is 0.186. The topological polar surface area (TPSA) is 90.2 Å². The van der Waals surface area contributed by atoms with Gasteiger partial charge < -0.3 is 25.2 Å². The number of rotatable bonds is 8. The minimum atomic E-state index is -0.444. The summed E-state index contributed by atoms with van der Waals surface area (Å²) in [5.41, 5.74) is 5.00. The summed E-state index contributed by atoms with van der Waals surface area (Å²) in [5.74, 6) is 0.986. The van der Waals surface area contributed by atoms with Crippen molar-refractivity contribution in [3.05, 3.63) is 106 Å². The number of phenolic OH excluding ortho intramolecular Hbond substituents is 4. The van der Waals surface area contributed by atoms with Gasteiger partial charge in [0.2, 0.25) is 0 Å². The molecule has 5 nitrogen and oxygen atoms in total. The van der Waals surface area contributed by atoms with Crippen molar-refractivity contribution in [2.45, 2.75) is 65.2 Å². The van der Waals surface area contributed by atoms with E-state index in [4.69, 9.17) is 4.74 Å². The van der Waals surface area contributed by atoms with Gasteiger partial charge in [0.05, 0.1) is 0 Å². The number of phenols is 4. The van der Waals surface area contributed by atoms with Gasteiger partial charge in [-0.2, -0.15) is 0 Å². The van der Waals surface area contributed by atoms with Gasteiger partial charge in [0, 0.05) is 16.4 Å². The van der Waals surface area contributed by atoms with Crippen LogP contribution in [0.25, 0.3) is 0 Å². The Bertz CT molecular complexity index is 1470. The third kappa shape index (κ3) is 5.26. The van der Waals surface area contributed by atoms with E-state index in [0.717, 1.165) is 39.8 Å². The first-order valence-electron chi connectivity index (χ1n) is 13.4. The first kappa shape index (κ1) is 27.9. The second-order valence-electron chi connectivity index (χ2n) is 11.1. The largest absolute Gasteiger partial charge is 0.508 e. The Balaban J connectivity index is 1.84. The molecule has 4 aromatic carbocycles. The number of ether oxygens (including phenoxy) is 1. The van der Waals surface area contributed by atoms with E-state index < -0.39 is 10.8 Å². The zero-order chi connectivity index (χ0) is 28.5. The molecule has 39 heavy (non-hydrogen) atoms. The molecular weight excluding hydrogens is 488 g/mol. The highest BCUT2D eigenvalue weighted by molar-refractivity contribution is 5.61. The Labute approximate surface area is 231 Å². The molecule has 0 saturated heterocycles. The lowest BCUT2D eigenvalue weighted by atomic mass is 9.72. The first-order chi connectivity index (χ1) is 18.4. The third-order valence-corrected chi connectivity index (χ3v) is 7.87. The summed E-state index contributed by atoms with van der Waals surface area (Å²) in [6.07, 6.45) is 1.33. The molecule has 4 N–H and O–H groups in total. The highest BCUT2D eigenvalue weighted by Gasteiger charge is 2.32. The Morgan fingerprint density at radius 3 is 1.62 bits per heavy atom. The van der Waals surface area contributed by atoms with E-state index >= 15 is 0 Å². The molecule has 0 amide bonds. The minimum Gasteiger partial charge on any atom is -0.508 e. The lowest BCUT2D eigenvalue weighted by Crippen LogP contribution is -2.23. The van der Waals surface area contributed by atoms with E-state index in [0.29, 0.717) is 12.2 Å². The minimum absolute atomic E-state index is 0.0246. The number of benzene rings is 4. The molecule has 0 bridgehead atoms. The van der Waals surface area contributed by atoms with Gasteiger partial charge in [0.25, 0.3) is 0 Å². The van der Waals surface area contributed by atoms with Crippen LogP contribution in [0.3, 0.4) is 0 Å². The van der Waals surface area contributed by atoms with E-state index in [9.17, 15) is 20.4 Å². The van der Waals surface area contributed by atoms with Crippen molar-refractivity contribution >= 4 is 0 Å². The number of aryl methyl sites for hydroxylation is 1. The molecule has 5 heteroatoms. The van der Waals surface area contributed by atoms with Crippen molar-refractivity contribution in [3.63, 3.8) is 0 Å². The van der Waals surface area contributed by atoms with Crippen LogP contribution in [-0.2, 0) is 23.7 Å². The molecule has 4 aromatic rings. The van der Waals surface area contributed by atoms with Crippen LogP contribution >= 0.6 is 0 Å². The zero-order valence-electron chi connectivity index (χ0n) is 23.5. The molecule has 204 valence electrons. The van der Waals surface area contributed by atoms with Crippen LogP contribution in [0.1, 0.15) is 74.9 Å². The van der Waals surface area contributed by atoms with E-state index in [1.54, 1.807) is 42.5 Å². The molecule has 0 saturated carbocycles. The fourth-order valence-electron chi connectivity index (χ4n) is 5.44. The lowest BCUT2D eigenvalue weighted by molar-refractivity contribution is 0.379. The number of aromatic hydroxyl groups is 4. The average Bonchev–Trinajstić information content (AvgIpc) is 2.90. The molecule has 0 aliphatic carbocycles. The van der Waals surface area contributed by atoms with Crippen molar-refractivity contribution in [2.75, 3.05) is 0 Å². The van der Waals surface area contributed by atoms with E-state index in [2.05, 4.69) is 34.6 Å². The fourth-order valence-corrected chi connectivity index (χ4v) is 5.44. The summed E-state index contributed by atoms with van der Waals surface area (Å²) in [4.78, 5) is 0. The summed E-state index contributed by atoms with van der Waals surface area (Å²) in [7, 11) is 0. The molecule has 0 aliphatic rings. The van der Waals surface area contributed by atoms with Gasteiger partial charge in [0.15, 0.2) is 23.0 Å². The van der Waals surface area contributed by atoms with Crippen molar-refractivity contribution < 1.29 is 25.2 Å². The molecule has 0 atom stereocenters. The normalized spacial score (nSPS) is 11.9. The van der Waals surface area contributed by atoms with Crippen LogP contribution < -0.4 is 4.74 Å². The maximum absolute atomic E-state index is 11.2. The van der Waals surface area contributed by atoms with Gasteiger partial charge >= 0.3 is 0 Å². The van der Waals surface area contributed by atoms with Gasteiger partial charge in [-0.05, 0) is 83.1 Å². The number of hydrogen-bond donors (Lipinski definition) is 4. The van der Waals surface area contributed by atoms with Crippen LogP contribution in [0.15, 0.2) is 72.8 Å². The molecule has 0 spiro atoms. The summed E-state index contributed by atoms with van der Waals surface area (Å²) in [6, 6.07) is 21.3. The van der Waals surface area contributed by atoms with Crippen LogP contribution in [0.5, 0.6) is 34.5 Å². The van der Waals surface area contributed by atoms with Crippen LogP contribution in [0.2, 0.25) is 0 Å². The average molecular weight is 527 g/mol. The predicted molar refractivity (Wildman–Crippen MR) is 156 cm³/mol. The van der Waals surface area contributed by atoms with Crippen LogP contribution in [0, 0.1) is 0 Å². The first-order valence-corrected chi connectivity index (χ1v) is 13.4. The van der Waals surface area contributed by atoms with E-state index in [-0.39, 0.29) is 28.7 Å². The van der Waals surface area contributed by atoms with Gasteiger partial charge in [-0.15, -0.1) is 0 Å². The maximum Gasteiger partial charge on any atom is 0.172 e. The maximum atomic E-state index is 11.2. The summed E-state index contributed by atoms with van der Waals surface area (Å²) in [5, 5.41) is 41.5. The SMILES string of the molecule is CCc1cc(O)c(Oc2cc(C(C)(C)c3ccc(O)cc3)ccc2O)c(CC)c1C(C)(C)c1ccc(O)cc1. The highest BCUT2D eigenvalue weighted by Crippen LogP contribution is 2.47. The van der Waals surface area contributed by atoms with Crippen molar-refractivity contribution in [1.29, 1.82) is 0 Å². The Hall–Kier alpha value is -4.12. The van der Waals surface area contributed by atoms with Gasteiger partial charge in [-0.1, -0.05) is 71.9 Å². The number of hydrogen-bond acceptors (Lipinski definition) is 5. The summed E-state index contributed by atoms with van der Waals surface area (Å²) >= 11 is 0. The smallest absolute Gasteiger partial charge is 0.172 e. The fraction of sp³-hybridized carbons (Fsp3) is 0.294. The molecule has 4 rings (SSSR count). The molecule has 0 fully saturated rings. The monoisotopic (exact) mass is 526 g/mol. The molecule has 0 aliphatic heterocycles.